The molecule has 0 aliphatic heterocycles. The molecule has 0 aromatic rings. The molecule has 22 heavy (non-hydrogen) atoms. The monoisotopic (exact) mass is 330 g/mol. The van der Waals surface area contributed by atoms with Gasteiger partial charge in [-0.05, 0) is 6.42 Å². The minimum Gasteiger partial charge on any atom is -0.481 e. The lowest BCUT2D eigenvalue weighted by Gasteiger charge is -1.96. The van der Waals surface area contributed by atoms with E-state index in [4.69, 9.17) is 56.2 Å². The first kappa shape index (κ1) is 31.9. The number of carbonyl (C=O) groups is 4. The Morgan fingerprint density at radius 2 is 0.864 bits per heavy atom. The van der Waals surface area contributed by atoms with E-state index in [0.717, 1.165) is 27.7 Å². The van der Waals surface area contributed by atoms with Gasteiger partial charge in [-0.15, -0.1) is 0 Å². The highest BCUT2D eigenvalue weighted by Crippen LogP contribution is 1.71. The van der Waals surface area contributed by atoms with E-state index in [0.29, 0.717) is 6.42 Å². The first-order chi connectivity index (χ1) is 9.70. The van der Waals surface area contributed by atoms with Crippen molar-refractivity contribution in [3.63, 3.8) is 0 Å². The van der Waals surface area contributed by atoms with E-state index in [1.165, 1.54) is 0 Å². The molecular weight excluding hydrogens is 304 g/mol. The van der Waals surface area contributed by atoms with Gasteiger partial charge in [-0.1, -0.05) is 0 Å². The third kappa shape index (κ3) is 8640. The normalized spacial score (nSPS) is 7.27. The molecule has 11 heteroatoms. The van der Waals surface area contributed by atoms with Crippen molar-refractivity contribution in [3.05, 3.63) is 0 Å². The van der Waals surface area contributed by atoms with Crippen molar-refractivity contribution >= 4 is 23.9 Å². The van der Waals surface area contributed by atoms with E-state index < -0.39 is 23.9 Å². The zero-order valence-electron chi connectivity index (χ0n) is 13.0. The number of hydrogen-bond donors (Lipinski definition) is 7. The number of rotatable bonds is 2. The molecule has 0 fully saturated rings. The summed E-state index contributed by atoms with van der Waals surface area (Å²) in [5.74, 6) is -3.33. The Kier molecular flexibility index (Phi) is 39.4. The first-order valence-corrected chi connectivity index (χ1v) is 5.60. The lowest BCUT2D eigenvalue weighted by Crippen LogP contribution is -2.30. The fraction of sp³-hybridized carbons (Fsp3) is 0.636. The molecule has 0 aromatic heterocycles. The molecule has 0 radical (unpaired) electrons. The van der Waals surface area contributed by atoms with Gasteiger partial charge in [-0.25, -0.2) is 0 Å². The van der Waals surface area contributed by atoms with E-state index in [2.05, 4.69) is 0 Å². The maximum atomic E-state index is 9.00. The topological polar surface area (TPSA) is 221 Å². The summed E-state index contributed by atoms with van der Waals surface area (Å²) in [6.07, 6.45) is 0.134. The van der Waals surface area contributed by atoms with Crippen LogP contribution in [-0.2, 0) is 19.2 Å². The minimum absolute atomic E-state index is 0.0810. The van der Waals surface area contributed by atoms with Gasteiger partial charge < -0.3 is 37.0 Å². The molecule has 0 spiro atoms. The number of nitrogens with two attached hydrogens (primary N) is 2. The second-order valence-electron chi connectivity index (χ2n) is 3.25. The Bertz CT molecular complexity index is 229. The molecule has 0 aliphatic rings. The summed E-state index contributed by atoms with van der Waals surface area (Å²) in [4.78, 5) is 36.0. The number of aliphatic carboxylic acids is 4. The van der Waals surface area contributed by atoms with E-state index >= 15 is 0 Å². The van der Waals surface area contributed by atoms with Crippen LogP contribution < -0.4 is 11.5 Å². The van der Waals surface area contributed by atoms with Gasteiger partial charge in [0, 0.05) is 34.3 Å². The van der Waals surface area contributed by atoms with Gasteiger partial charge in [0.1, 0.15) is 0 Å². The fourth-order valence-electron chi connectivity index (χ4n) is 0.149. The second kappa shape index (κ2) is 27.2. The molecule has 0 aliphatic carbocycles. The molecule has 11 nitrogen and oxygen atoms in total. The van der Waals surface area contributed by atoms with Gasteiger partial charge in [0.25, 0.3) is 23.9 Å². The van der Waals surface area contributed by atoms with Crippen LogP contribution in [-0.4, -0.2) is 62.2 Å². The summed E-state index contributed by atoms with van der Waals surface area (Å²) in [5.41, 5.74) is 10.0. The number of hydrogen-bond acceptors (Lipinski definition) is 7. The fourth-order valence-corrected chi connectivity index (χ4v) is 0.149. The minimum atomic E-state index is -0.833. The molecule has 0 bridgehead atoms. The van der Waals surface area contributed by atoms with Crippen molar-refractivity contribution in [2.45, 2.75) is 40.3 Å². The molecule has 0 saturated carbocycles. The van der Waals surface area contributed by atoms with Crippen molar-refractivity contribution < 1.29 is 44.7 Å². The zero-order chi connectivity index (χ0) is 19.3. The molecule has 0 unspecified atom stereocenters. The summed E-state index contributed by atoms with van der Waals surface area (Å²) in [6, 6.07) is 0. The highest BCUT2D eigenvalue weighted by molar-refractivity contribution is 5.63. The Morgan fingerprint density at radius 1 is 0.727 bits per heavy atom. The van der Waals surface area contributed by atoms with Gasteiger partial charge >= 0.3 is 0 Å². The van der Waals surface area contributed by atoms with E-state index in [9.17, 15) is 0 Å². The number of aliphatic hydroxyl groups is 1. The van der Waals surface area contributed by atoms with Crippen LogP contribution in [0.15, 0.2) is 0 Å². The van der Waals surface area contributed by atoms with Crippen molar-refractivity contribution in [1.82, 2.24) is 0 Å². The smallest absolute Gasteiger partial charge is 0.300 e. The van der Waals surface area contributed by atoms with Crippen LogP contribution >= 0.6 is 0 Å². The predicted molar refractivity (Wildman–Crippen MR) is 77.1 cm³/mol. The highest BCUT2D eigenvalue weighted by atomic mass is 16.4. The van der Waals surface area contributed by atoms with Gasteiger partial charge in [0.15, 0.2) is 0 Å². The number of aliphatic hydroxyl groups excluding tert-OH is 1. The molecule has 0 heterocycles. The van der Waals surface area contributed by atoms with Gasteiger partial charge in [0.2, 0.25) is 0 Å². The van der Waals surface area contributed by atoms with Crippen LogP contribution in [0.3, 0.4) is 0 Å². The standard InChI is InChI=1S/C3H10N2O.4C2H4O2/c4-3(5)1-2-6;4*1-2(3)4/h3,6H,1-2,4-5H2;4*1H3,(H,3,4). The summed E-state index contributed by atoms with van der Waals surface area (Å²) < 4.78 is 0. The molecule has 0 atom stereocenters. The summed E-state index contributed by atoms with van der Waals surface area (Å²) >= 11 is 0. The Morgan fingerprint density at radius 3 is 0.864 bits per heavy atom. The molecule has 9 N–H and O–H groups in total. The van der Waals surface area contributed by atoms with Crippen LogP contribution in [0.25, 0.3) is 0 Å². The third-order valence-corrected chi connectivity index (χ3v) is 0.462. The lowest BCUT2D eigenvalue weighted by molar-refractivity contribution is -0.135. The van der Waals surface area contributed by atoms with E-state index in [-0.39, 0.29) is 12.8 Å². The van der Waals surface area contributed by atoms with Crippen molar-refractivity contribution in [3.8, 4) is 0 Å². The zero-order valence-corrected chi connectivity index (χ0v) is 13.0. The van der Waals surface area contributed by atoms with Gasteiger partial charge in [-0.2, -0.15) is 0 Å². The first-order valence-electron chi connectivity index (χ1n) is 5.60. The second-order valence-corrected chi connectivity index (χ2v) is 3.25. The summed E-state index contributed by atoms with van der Waals surface area (Å²) in [6.45, 7) is 4.41. The van der Waals surface area contributed by atoms with Crippen molar-refractivity contribution in [2.75, 3.05) is 6.61 Å². The third-order valence-electron chi connectivity index (χ3n) is 0.462. The van der Waals surface area contributed by atoms with Crippen LogP contribution in [0, 0.1) is 0 Å². The van der Waals surface area contributed by atoms with Crippen molar-refractivity contribution in [1.29, 1.82) is 0 Å². The predicted octanol–water partition coefficient (Wildman–Crippen LogP) is -1.02. The average molecular weight is 330 g/mol. The molecular formula is C11H26N2O9. The largest absolute Gasteiger partial charge is 0.481 e. The van der Waals surface area contributed by atoms with Crippen LogP contribution in [0.2, 0.25) is 0 Å². The van der Waals surface area contributed by atoms with Gasteiger partial charge in [0.05, 0.1) is 6.17 Å². The summed E-state index contributed by atoms with van der Waals surface area (Å²) in [7, 11) is 0. The SMILES string of the molecule is CC(=O)O.CC(=O)O.CC(=O)O.CC(=O)O.NC(N)CCO. The quantitative estimate of drug-likeness (QED) is 0.303. The maximum absolute atomic E-state index is 9.00. The summed E-state index contributed by atoms with van der Waals surface area (Å²) in [5, 5.41) is 37.7. The average Bonchev–Trinajstić information content (AvgIpc) is 2.12. The Balaban J connectivity index is -0.0000000555. The van der Waals surface area contributed by atoms with E-state index in [1.807, 2.05) is 0 Å². The molecule has 0 rings (SSSR count). The number of carboxylic acid groups (broad SMARTS) is 4. The highest BCUT2D eigenvalue weighted by Gasteiger charge is 1.86. The van der Waals surface area contributed by atoms with E-state index in [1.54, 1.807) is 0 Å². The lowest BCUT2D eigenvalue weighted by atomic mass is 10.4. The van der Waals surface area contributed by atoms with Crippen LogP contribution in [0.5, 0.6) is 0 Å². The molecule has 0 aromatic carbocycles. The van der Waals surface area contributed by atoms with Gasteiger partial charge in [-0.3, -0.25) is 19.2 Å². The molecule has 0 amide bonds. The van der Waals surface area contributed by atoms with Crippen molar-refractivity contribution in [2.24, 2.45) is 11.5 Å². The molecule has 134 valence electrons. The maximum Gasteiger partial charge on any atom is 0.300 e. The van der Waals surface area contributed by atoms with Crippen LogP contribution in [0.1, 0.15) is 34.1 Å². The molecule has 0 saturated heterocycles. The number of carboxylic acids is 4. The Hall–Kier alpha value is -2.24. The van der Waals surface area contributed by atoms with Crippen LogP contribution in [0.4, 0.5) is 0 Å². The Labute approximate surface area is 128 Å².